The maximum Gasteiger partial charge on any atom is 0.177 e. The van der Waals surface area contributed by atoms with E-state index in [1.165, 1.54) is 0 Å². The standard InChI is InChI=1S/C12H11BrN4O/c1-7-3-10(16-18-7)6-17-8(2)15-12-11(17)4-9(13)5-14-12/h3-5H,6H2,1-2H3. The summed E-state index contributed by atoms with van der Waals surface area (Å²) < 4.78 is 8.09. The van der Waals surface area contributed by atoms with Gasteiger partial charge in [0.05, 0.1) is 12.1 Å². The smallest absolute Gasteiger partial charge is 0.177 e. The largest absolute Gasteiger partial charge is 0.361 e. The molecule has 3 aromatic rings. The zero-order valence-corrected chi connectivity index (χ0v) is 11.6. The number of hydrogen-bond acceptors (Lipinski definition) is 4. The molecule has 0 unspecified atom stereocenters. The summed E-state index contributed by atoms with van der Waals surface area (Å²) in [5.74, 6) is 1.72. The van der Waals surface area contributed by atoms with E-state index >= 15 is 0 Å². The summed E-state index contributed by atoms with van der Waals surface area (Å²) in [5.41, 5.74) is 2.62. The summed E-state index contributed by atoms with van der Waals surface area (Å²) in [6.45, 7) is 4.48. The van der Waals surface area contributed by atoms with Gasteiger partial charge in [0.25, 0.3) is 0 Å². The number of imidazole rings is 1. The zero-order chi connectivity index (χ0) is 12.7. The molecular weight excluding hydrogens is 296 g/mol. The molecule has 0 bridgehead atoms. The average molecular weight is 307 g/mol. The number of fused-ring (bicyclic) bond motifs is 1. The number of halogens is 1. The number of hydrogen-bond donors (Lipinski definition) is 0. The van der Waals surface area contributed by atoms with Gasteiger partial charge in [-0.2, -0.15) is 0 Å². The molecule has 5 nitrogen and oxygen atoms in total. The minimum absolute atomic E-state index is 0.637. The summed E-state index contributed by atoms with van der Waals surface area (Å²) >= 11 is 3.43. The van der Waals surface area contributed by atoms with Gasteiger partial charge in [-0.3, -0.25) is 0 Å². The molecule has 6 heteroatoms. The first-order valence-electron chi connectivity index (χ1n) is 5.54. The van der Waals surface area contributed by atoms with Gasteiger partial charge in [-0.25, -0.2) is 9.97 Å². The highest BCUT2D eigenvalue weighted by Crippen LogP contribution is 2.19. The van der Waals surface area contributed by atoms with E-state index in [4.69, 9.17) is 4.52 Å². The second-order valence-electron chi connectivity index (χ2n) is 4.17. The van der Waals surface area contributed by atoms with Crippen molar-refractivity contribution < 1.29 is 4.52 Å². The van der Waals surface area contributed by atoms with E-state index in [0.717, 1.165) is 32.9 Å². The molecule has 0 saturated carbocycles. The van der Waals surface area contributed by atoms with Gasteiger partial charge in [-0.05, 0) is 35.8 Å². The van der Waals surface area contributed by atoms with Gasteiger partial charge in [0.2, 0.25) is 0 Å². The number of aromatic nitrogens is 4. The lowest BCUT2D eigenvalue weighted by Crippen LogP contribution is -2.02. The molecule has 0 aliphatic heterocycles. The van der Waals surface area contributed by atoms with Crippen LogP contribution in [0.1, 0.15) is 17.3 Å². The van der Waals surface area contributed by atoms with Crippen LogP contribution >= 0.6 is 15.9 Å². The first kappa shape index (κ1) is 11.4. The minimum Gasteiger partial charge on any atom is -0.361 e. The molecule has 18 heavy (non-hydrogen) atoms. The molecule has 0 aromatic carbocycles. The lowest BCUT2D eigenvalue weighted by atomic mass is 10.3. The van der Waals surface area contributed by atoms with Gasteiger partial charge >= 0.3 is 0 Å². The Hall–Kier alpha value is -1.69. The Morgan fingerprint density at radius 3 is 2.89 bits per heavy atom. The van der Waals surface area contributed by atoms with Gasteiger partial charge in [-0.15, -0.1) is 0 Å². The van der Waals surface area contributed by atoms with E-state index in [1.807, 2.05) is 26.0 Å². The molecule has 3 rings (SSSR count). The summed E-state index contributed by atoms with van der Waals surface area (Å²) in [6, 6.07) is 3.94. The highest BCUT2D eigenvalue weighted by molar-refractivity contribution is 9.10. The van der Waals surface area contributed by atoms with Crippen molar-refractivity contribution in [1.82, 2.24) is 19.7 Å². The summed E-state index contributed by atoms with van der Waals surface area (Å²) in [7, 11) is 0. The summed E-state index contributed by atoms with van der Waals surface area (Å²) in [4.78, 5) is 8.72. The minimum atomic E-state index is 0.637. The zero-order valence-electron chi connectivity index (χ0n) is 10.0. The maximum atomic E-state index is 5.08. The average Bonchev–Trinajstić information content (AvgIpc) is 2.86. The molecule has 92 valence electrons. The molecule has 0 radical (unpaired) electrons. The number of rotatable bonds is 2. The molecule has 0 N–H and O–H groups in total. The van der Waals surface area contributed by atoms with Crippen molar-refractivity contribution in [2.24, 2.45) is 0 Å². The van der Waals surface area contributed by atoms with Gasteiger partial charge in [0, 0.05) is 16.7 Å². The fourth-order valence-electron chi connectivity index (χ4n) is 1.95. The third-order valence-electron chi connectivity index (χ3n) is 2.76. The van der Waals surface area contributed by atoms with E-state index in [2.05, 4.69) is 35.6 Å². The highest BCUT2D eigenvalue weighted by Gasteiger charge is 2.11. The monoisotopic (exact) mass is 306 g/mol. The molecule has 0 aliphatic rings. The van der Waals surface area contributed by atoms with Gasteiger partial charge < -0.3 is 9.09 Å². The predicted molar refractivity (Wildman–Crippen MR) is 70.3 cm³/mol. The van der Waals surface area contributed by atoms with Crippen LogP contribution in [0.4, 0.5) is 0 Å². The van der Waals surface area contributed by atoms with Crippen molar-refractivity contribution >= 4 is 27.1 Å². The normalized spacial score (nSPS) is 11.3. The van der Waals surface area contributed by atoms with E-state index in [-0.39, 0.29) is 0 Å². The molecule has 3 heterocycles. The summed E-state index contributed by atoms with van der Waals surface area (Å²) in [5, 5.41) is 4.01. The highest BCUT2D eigenvalue weighted by atomic mass is 79.9. The van der Waals surface area contributed by atoms with Crippen molar-refractivity contribution in [2.75, 3.05) is 0 Å². The van der Waals surface area contributed by atoms with Crippen molar-refractivity contribution in [2.45, 2.75) is 20.4 Å². The molecule has 0 fully saturated rings. The Morgan fingerprint density at radius 1 is 1.33 bits per heavy atom. The topological polar surface area (TPSA) is 56.7 Å². The molecule has 0 spiro atoms. The van der Waals surface area contributed by atoms with Crippen LogP contribution in [0.25, 0.3) is 11.2 Å². The van der Waals surface area contributed by atoms with Gasteiger partial charge in [0.1, 0.15) is 17.3 Å². The molecule has 0 amide bonds. The van der Waals surface area contributed by atoms with E-state index in [9.17, 15) is 0 Å². The number of aryl methyl sites for hydroxylation is 2. The third kappa shape index (κ3) is 1.92. The molecular formula is C12H11BrN4O. The first-order chi connectivity index (χ1) is 8.63. The van der Waals surface area contributed by atoms with E-state index in [0.29, 0.717) is 6.54 Å². The Labute approximate surface area is 112 Å². The van der Waals surface area contributed by atoms with Gasteiger partial charge in [-0.1, -0.05) is 5.16 Å². The van der Waals surface area contributed by atoms with Crippen molar-refractivity contribution in [1.29, 1.82) is 0 Å². The van der Waals surface area contributed by atoms with E-state index < -0.39 is 0 Å². The first-order valence-corrected chi connectivity index (χ1v) is 6.33. The quantitative estimate of drug-likeness (QED) is 0.730. The number of pyridine rings is 1. The van der Waals surface area contributed by atoms with Crippen LogP contribution in [-0.4, -0.2) is 19.7 Å². The predicted octanol–water partition coefficient (Wildman–Crippen LogP) is 2.85. The second kappa shape index (κ2) is 4.20. The molecule has 0 atom stereocenters. The van der Waals surface area contributed by atoms with Crippen LogP contribution in [0.3, 0.4) is 0 Å². The Bertz CT molecular complexity index is 716. The Balaban J connectivity index is 2.10. The maximum absolute atomic E-state index is 5.08. The second-order valence-corrected chi connectivity index (χ2v) is 5.09. The Morgan fingerprint density at radius 2 is 2.17 bits per heavy atom. The van der Waals surface area contributed by atoms with Crippen LogP contribution in [-0.2, 0) is 6.54 Å². The fourth-order valence-corrected chi connectivity index (χ4v) is 2.27. The van der Waals surface area contributed by atoms with Crippen LogP contribution in [0, 0.1) is 13.8 Å². The lowest BCUT2D eigenvalue weighted by molar-refractivity contribution is 0.389. The van der Waals surface area contributed by atoms with E-state index in [1.54, 1.807) is 6.20 Å². The third-order valence-corrected chi connectivity index (χ3v) is 3.19. The lowest BCUT2D eigenvalue weighted by Gasteiger charge is -2.03. The van der Waals surface area contributed by atoms with Crippen LogP contribution in [0.5, 0.6) is 0 Å². The Kier molecular flexibility index (Phi) is 2.66. The summed E-state index contributed by atoms with van der Waals surface area (Å²) in [6.07, 6.45) is 1.75. The SMILES string of the molecule is Cc1cc(Cn2c(C)nc3ncc(Br)cc32)no1. The fraction of sp³-hybridized carbons (Fsp3) is 0.250. The molecule has 0 aliphatic carbocycles. The van der Waals surface area contributed by atoms with Gasteiger partial charge in [0.15, 0.2) is 5.65 Å². The van der Waals surface area contributed by atoms with Crippen LogP contribution in [0.2, 0.25) is 0 Å². The molecule has 3 aromatic heterocycles. The molecule has 0 saturated heterocycles. The number of nitrogens with zero attached hydrogens (tertiary/aromatic N) is 4. The van der Waals surface area contributed by atoms with Crippen molar-refractivity contribution in [3.63, 3.8) is 0 Å². The van der Waals surface area contributed by atoms with Crippen molar-refractivity contribution in [3.8, 4) is 0 Å². The van der Waals surface area contributed by atoms with Crippen LogP contribution < -0.4 is 0 Å². The van der Waals surface area contributed by atoms with Crippen LogP contribution in [0.15, 0.2) is 27.3 Å². The van der Waals surface area contributed by atoms with Crippen molar-refractivity contribution in [3.05, 3.63) is 40.1 Å².